The number of amides is 1. The monoisotopic (exact) mass is 457 g/mol. The number of carbonyl (C=O) groups excluding carboxylic acids is 2. The van der Waals surface area contributed by atoms with Crippen LogP contribution in [0, 0.1) is 0 Å². The van der Waals surface area contributed by atoms with Gasteiger partial charge < -0.3 is 0 Å². The second-order valence-electron chi connectivity index (χ2n) is 7.26. The zero-order valence-corrected chi connectivity index (χ0v) is 18.8. The van der Waals surface area contributed by atoms with Crippen molar-refractivity contribution < 1.29 is 9.59 Å². The predicted molar refractivity (Wildman–Crippen MR) is 133 cm³/mol. The predicted octanol–water partition coefficient (Wildman–Crippen LogP) is 5.57. The van der Waals surface area contributed by atoms with Gasteiger partial charge in [-0.25, -0.2) is 5.01 Å². The average Bonchev–Trinajstić information content (AvgIpc) is 3.33. The molecular weight excluding hydrogens is 438 g/mol. The molecule has 0 aliphatic carbocycles. The smallest absolute Gasteiger partial charge is 0.268 e. The van der Waals surface area contributed by atoms with Crippen LogP contribution in [-0.2, 0) is 9.59 Å². The van der Waals surface area contributed by atoms with Gasteiger partial charge in [0.25, 0.3) is 5.91 Å². The van der Waals surface area contributed by atoms with Crippen LogP contribution in [0.5, 0.6) is 0 Å². The van der Waals surface area contributed by atoms with Gasteiger partial charge in [0, 0.05) is 12.6 Å². The van der Waals surface area contributed by atoms with Crippen LogP contribution < -0.4 is 9.91 Å². The first kappa shape index (κ1) is 20.6. The highest BCUT2D eigenvalue weighted by Gasteiger charge is 2.59. The number of ketones is 1. The molecule has 1 saturated heterocycles. The molecule has 0 N–H and O–H groups in total. The van der Waals surface area contributed by atoms with Crippen LogP contribution in [0.2, 0.25) is 0 Å². The molecule has 32 heavy (non-hydrogen) atoms. The normalized spacial score (nSPS) is 21.5. The summed E-state index contributed by atoms with van der Waals surface area (Å²) in [5.41, 5.74) is 2.49. The van der Waals surface area contributed by atoms with Crippen LogP contribution in [0.1, 0.15) is 12.5 Å². The van der Waals surface area contributed by atoms with Gasteiger partial charge in [-0.1, -0.05) is 78.5 Å². The summed E-state index contributed by atoms with van der Waals surface area (Å²) in [6, 6.07) is 28.9. The zero-order chi connectivity index (χ0) is 22.1. The summed E-state index contributed by atoms with van der Waals surface area (Å²) in [6.07, 6.45) is 1.90. The van der Waals surface area contributed by atoms with Gasteiger partial charge in [0.15, 0.2) is 10.8 Å². The Labute approximate surface area is 194 Å². The Morgan fingerprint density at radius 2 is 1.41 bits per heavy atom. The molecule has 0 saturated carbocycles. The highest BCUT2D eigenvalue weighted by molar-refractivity contribution is 8.29. The number of Topliss-reactive ketones (excluding diaryl/α,β-unsaturated/α-hetero) is 1. The molecule has 7 heteroatoms. The van der Waals surface area contributed by atoms with E-state index < -0.39 is 4.33 Å². The third-order valence-corrected chi connectivity index (χ3v) is 7.86. The van der Waals surface area contributed by atoms with Gasteiger partial charge in [-0.05, 0) is 47.7 Å². The quantitative estimate of drug-likeness (QED) is 0.479. The minimum Gasteiger partial charge on any atom is -0.292 e. The number of para-hydroxylation sites is 2. The van der Waals surface area contributed by atoms with Crippen molar-refractivity contribution in [1.29, 1.82) is 0 Å². The summed E-state index contributed by atoms with van der Waals surface area (Å²) in [4.78, 5) is 28.5. The van der Waals surface area contributed by atoms with Gasteiger partial charge >= 0.3 is 0 Å². The average molecular weight is 458 g/mol. The molecule has 3 aromatic carbocycles. The van der Waals surface area contributed by atoms with Gasteiger partial charge in [0.05, 0.1) is 10.6 Å². The molecule has 2 heterocycles. The molecule has 158 valence electrons. The maximum absolute atomic E-state index is 13.8. The fourth-order valence-corrected chi connectivity index (χ4v) is 6.48. The van der Waals surface area contributed by atoms with Crippen molar-refractivity contribution in [3.8, 4) is 0 Å². The second kappa shape index (κ2) is 8.33. The summed E-state index contributed by atoms with van der Waals surface area (Å²) in [7, 11) is 0. The van der Waals surface area contributed by atoms with E-state index in [-0.39, 0.29) is 11.7 Å². The molecule has 3 aromatic rings. The first-order chi connectivity index (χ1) is 15.6. The molecular formula is C25H19N3O2S2. The Bertz CT molecular complexity index is 1230. The van der Waals surface area contributed by atoms with Crippen molar-refractivity contribution in [2.75, 3.05) is 9.91 Å². The number of hydrogen-bond donors (Lipinski definition) is 0. The van der Waals surface area contributed by atoms with Gasteiger partial charge in [-0.15, -0.1) is 0 Å². The zero-order valence-electron chi connectivity index (χ0n) is 17.2. The van der Waals surface area contributed by atoms with Gasteiger partial charge in [0.2, 0.25) is 4.33 Å². The summed E-state index contributed by atoms with van der Waals surface area (Å²) >= 11 is 2.72. The number of benzene rings is 3. The van der Waals surface area contributed by atoms with Crippen LogP contribution >= 0.6 is 23.5 Å². The molecule has 0 unspecified atom stereocenters. The Morgan fingerprint density at radius 1 is 0.844 bits per heavy atom. The molecule has 0 bridgehead atoms. The molecule has 0 aromatic heterocycles. The van der Waals surface area contributed by atoms with E-state index in [1.165, 1.54) is 30.4 Å². The van der Waals surface area contributed by atoms with Crippen LogP contribution in [0.25, 0.3) is 6.08 Å². The van der Waals surface area contributed by atoms with E-state index in [1.807, 2.05) is 97.1 Å². The number of thioether (sulfide) groups is 2. The van der Waals surface area contributed by atoms with Crippen LogP contribution in [0.4, 0.5) is 11.4 Å². The van der Waals surface area contributed by atoms with Crippen molar-refractivity contribution in [3.05, 3.63) is 101 Å². The highest BCUT2D eigenvalue weighted by atomic mass is 32.2. The molecule has 1 amide bonds. The first-order valence-corrected chi connectivity index (χ1v) is 11.7. The first-order valence-electron chi connectivity index (χ1n) is 10.1. The van der Waals surface area contributed by atoms with Crippen molar-refractivity contribution in [3.63, 3.8) is 0 Å². The molecule has 5 nitrogen and oxygen atoms in total. The third-order valence-electron chi connectivity index (χ3n) is 5.04. The van der Waals surface area contributed by atoms with E-state index >= 15 is 0 Å². The summed E-state index contributed by atoms with van der Waals surface area (Å²) < 4.78 is -0.985. The standard InChI is InChI=1S/C25H19N3O2S2/c1-18(29)23-26-28(21-15-9-4-10-16-21)25(32-23)27(20-13-7-3-8-14-20)24(30)22(31-25)17-19-11-5-2-6-12-19/h2-17H,1H3/b22-17-/t25-/m0/s1. The Hall–Kier alpha value is -3.29. The van der Waals surface area contributed by atoms with E-state index in [1.54, 1.807) is 9.91 Å². The number of hydrogen-bond acceptors (Lipinski definition) is 6. The lowest BCUT2D eigenvalue weighted by Crippen LogP contribution is -2.51. The fourth-order valence-electron chi connectivity index (χ4n) is 3.60. The van der Waals surface area contributed by atoms with Gasteiger partial charge in [-0.3, -0.25) is 14.5 Å². The lowest BCUT2D eigenvalue weighted by atomic mass is 10.2. The second-order valence-corrected chi connectivity index (χ2v) is 9.89. The van der Waals surface area contributed by atoms with E-state index in [9.17, 15) is 9.59 Å². The molecule has 5 rings (SSSR count). The molecule has 1 spiro atoms. The summed E-state index contributed by atoms with van der Waals surface area (Å²) in [5.74, 6) is -0.257. The van der Waals surface area contributed by atoms with Gasteiger partial charge in [0.1, 0.15) is 0 Å². The van der Waals surface area contributed by atoms with Crippen LogP contribution in [0.3, 0.4) is 0 Å². The molecule has 1 atom stereocenters. The summed E-state index contributed by atoms with van der Waals surface area (Å²) in [5, 5.41) is 6.83. The van der Waals surface area contributed by atoms with Crippen molar-refractivity contribution in [2.24, 2.45) is 5.10 Å². The largest absolute Gasteiger partial charge is 0.292 e. The van der Waals surface area contributed by atoms with E-state index in [2.05, 4.69) is 5.10 Å². The fraction of sp³-hybridized carbons (Fsp3) is 0.0800. The highest BCUT2D eigenvalue weighted by Crippen LogP contribution is 2.59. The van der Waals surface area contributed by atoms with E-state index in [4.69, 9.17) is 0 Å². The van der Waals surface area contributed by atoms with E-state index in [0.29, 0.717) is 9.95 Å². The molecule has 2 aliphatic rings. The lowest BCUT2D eigenvalue weighted by molar-refractivity contribution is -0.114. The molecule has 0 radical (unpaired) electrons. The Morgan fingerprint density at radius 3 is 2.00 bits per heavy atom. The third kappa shape index (κ3) is 3.53. The van der Waals surface area contributed by atoms with Crippen molar-refractivity contribution >= 4 is 57.7 Å². The maximum atomic E-state index is 13.8. The SMILES string of the molecule is CC(=O)C1=NN(c2ccccc2)[C@]2(S1)S/C(=C\c1ccccc1)C(=O)N2c1ccccc1. The van der Waals surface area contributed by atoms with E-state index in [0.717, 1.165) is 16.9 Å². The number of nitrogens with zero attached hydrogens (tertiary/aromatic N) is 3. The number of rotatable bonds is 4. The Kier molecular flexibility index (Phi) is 5.36. The lowest BCUT2D eigenvalue weighted by Gasteiger charge is -2.38. The minimum absolute atomic E-state index is 0.126. The number of carbonyl (C=O) groups is 2. The van der Waals surface area contributed by atoms with Crippen molar-refractivity contribution in [1.82, 2.24) is 0 Å². The molecule has 2 aliphatic heterocycles. The Balaban J connectivity index is 1.69. The van der Waals surface area contributed by atoms with Crippen LogP contribution in [-0.4, -0.2) is 21.1 Å². The minimum atomic E-state index is -0.985. The number of hydrazone groups is 1. The number of anilines is 2. The summed E-state index contributed by atoms with van der Waals surface area (Å²) in [6.45, 7) is 1.50. The topological polar surface area (TPSA) is 53.0 Å². The van der Waals surface area contributed by atoms with Gasteiger partial charge in [-0.2, -0.15) is 5.10 Å². The molecule has 1 fully saturated rings. The van der Waals surface area contributed by atoms with Crippen LogP contribution in [0.15, 0.2) is 101 Å². The maximum Gasteiger partial charge on any atom is 0.268 e. The van der Waals surface area contributed by atoms with Crippen molar-refractivity contribution in [2.45, 2.75) is 11.3 Å².